The number of alkyl halides is 3. The molecule has 3 heterocycles. The number of urea groups is 1. The van der Waals surface area contributed by atoms with E-state index in [1.807, 2.05) is 12.1 Å². The van der Waals surface area contributed by atoms with Crippen molar-refractivity contribution in [1.82, 2.24) is 14.9 Å². The summed E-state index contributed by atoms with van der Waals surface area (Å²) in [5, 5.41) is 0.385. The van der Waals surface area contributed by atoms with E-state index in [1.165, 1.54) is 15.9 Å². The normalized spacial score (nSPS) is 14.0. The third kappa shape index (κ3) is 5.94. The lowest BCUT2D eigenvalue weighted by atomic mass is 10.1. The van der Waals surface area contributed by atoms with E-state index in [0.29, 0.717) is 40.8 Å². The molecule has 1 fully saturated rings. The fourth-order valence-corrected chi connectivity index (χ4v) is 4.69. The third-order valence-corrected chi connectivity index (χ3v) is 6.52. The predicted molar refractivity (Wildman–Crippen MR) is 120 cm³/mol. The maximum Gasteiger partial charge on any atom is 0.573 e. The number of pyridine rings is 1. The highest BCUT2D eigenvalue weighted by atomic mass is 32.1. The lowest BCUT2D eigenvalue weighted by Gasteiger charge is -2.17. The smallest absolute Gasteiger partial charge is 0.403 e. The number of amides is 2. The number of carbonyl (C=O) groups is 2. The van der Waals surface area contributed by atoms with Gasteiger partial charge in [0.25, 0.3) is 0 Å². The molecule has 1 aliphatic rings. The van der Waals surface area contributed by atoms with Gasteiger partial charge in [0.1, 0.15) is 0 Å². The lowest BCUT2D eigenvalue weighted by molar-refractivity contribution is -0.275. The summed E-state index contributed by atoms with van der Waals surface area (Å²) in [6.45, 7) is 2.33. The van der Waals surface area contributed by atoms with E-state index in [2.05, 4.69) is 14.7 Å². The second kappa shape index (κ2) is 9.98. The molecule has 0 bridgehead atoms. The minimum Gasteiger partial charge on any atom is -0.403 e. The Morgan fingerprint density at radius 1 is 1.20 bits per heavy atom. The Balaban J connectivity index is 1.40. The van der Waals surface area contributed by atoms with Crippen LogP contribution in [0.5, 0.6) is 5.75 Å². The number of Topliss-reactive ketones (excluding diaryl/α,β-unsaturated/α-hetero) is 1. The number of ketones is 1. The molecule has 184 valence electrons. The number of rotatable bonds is 8. The topological polar surface area (TPSA) is 75.6 Å². The summed E-state index contributed by atoms with van der Waals surface area (Å²) in [5.74, 6) is -2.20. The second-order valence-electron chi connectivity index (χ2n) is 7.82. The molecule has 0 atom stereocenters. The van der Waals surface area contributed by atoms with Gasteiger partial charge >= 0.3 is 12.4 Å². The molecule has 0 spiro atoms. The monoisotopic (exact) mass is 508 g/mol. The Bertz CT molecular complexity index is 1230. The molecule has 3 aromatic rings. The first kappa shape index (κ1) is 24.6. The molecule has 35 heavy (non-hydrogen) atoms. The molecule has 2 aromatic heterocycles. The van der Waals surface area contributed by atoms with E-state index in [0.717, 1.165) is 29.2 Å². The Morgan fingerprint density at radius 3 is 2.69 bits per heavy atom. The Hall–Kier alpha value is -3.54. The van der Waals surface area contributed by atoms with Gasteiger partial charge in [0.15, 0.2) is 22.5 Å². The maximum absolute atomic E-state index is 14.0. The first-order valence-corrected chi connectivity index (χ1v) is 11.4. The zero-order valence-corrected chi connectivity index (χ0v) is 19.3. The van der Waals surface area contributed by atoms with E-state index < -0.39 is 17.9 Å². The van der Waals surface area contributed by atoms with Gasteiger partial charge in [0.05, 0.1) is 10.6 Å². The molecule has 1 aromatic carbocycles. The van der Waals surface area contributed by atoms with Crippen molar-refractivity contribution in [2.75, 3.05) is 18.0 Å². The summed E-state index contributed by atoms with van der Waals surface area (Å²) in [7, 11) is 0. The number of aryl methyl sites for hydroxylation is 2. The summed E-state index contributed by atoms with van der Waals surface area (Å²) in [6, 6.07) is 8.17. The first-order valence-electron chi connectivity index (χ1n) is 10.6. The molecular formula is C23H20F4N4O3S. The van der Waals surface area contributed by atoms with Crippen molar-refractivity contribution >= 4 is 28.3 Å². The Kier molecular flexibility index (Phi) is 7.01. The number of halogens is 4. The van der Waals surface area contributed by atoms with Crippen molar-refractivity contribution in [3.05, 3.63) is 70.2 Å². The average molecular weight is 508 g/mol. The summed E-state index contributed by atoms with van der Waals surface area (Å²) in [5.41, 5.74) is 1.65. The van der Waals surface area contributed by atoms with Crippen molar-refractivity contribution in [1.29, 1.82) is 0 Å². The summed E-state index contributed by atoms with van der Waals surface area (Å²) in [4.78, 5) is 37.6. The standard InChI is InChI=1S/C23H20F4N4O3S/c1-14-20(18(32)7-6-16-4-2-3-9-28-16)35-21(29-14)31-11-10-30(22(31)33)13-15-5-8-19(17(24)12-15)34-23(25,26)27/h2-5,8-9,12H,6-7,10-11,13H2,1H3. The Morgan fingerprint density at radius 2 is 2.00 bits per heavy atom. The van der Waals surface area contributed by atoms with Gasteiger partial charge in [0, 0.05) is 37.9 Å². The minimum atomic E-state index is -5.00. The fraction of sp³-hybridized carbons (Fsp3) is 0.304. The summed E-state index contributed by atoms with van der Waals surface area (Å²) >= 11 is 1.14. The van der Waals surface area contributed by atoms with E-state index in [4.69, 9.17) is 0 Å². The average Bonchev–Trinajstić information content (AvgIpc) is 3.36. The molecule has 2 amide bonds. The van der Waals surface area contributed by atoms with Crippen LogP contribution in [0.1, 0.15) is 33.0 Å². The van der Waals surface area contributed by atoms with E-state index in [-0.39, 0.29) is 24.8 Å². The maximum atomic E-state index is 14.0. The van der Waals surface area contributed by atoms with Crippen LogP contribution in [0.4, 0.5) is 27.5 Å². The van der Waals surface area contributed by atoms with Crippen LogP contribution in [0.3, 0.4) is 0 Å². The van der Waals surface area contributed by atoms with Crippen molar-refractivity contribution in [2.24, 2.45) is 0 Å². The van der Waals surface area contributed by atoms with Crippen molar-refractivity contribution in [2.45, 2.75) is 32.7 Å². The van der Waals surface area contributed by atoms with Gasteiger partial charge < -0.3 is 9.64 Å². The van der Waals surface area contributed by atoms with Crippen LogP contribution >= 0.6 is 11.3 Å². The molecule has 7 nitrogen and oxygen atoms in total. The first-order chi connectivity index (χ1) is 16.6. The number of hydrogen-bond acceptors (Lipinski definition) is 6. The van der Waals surface area contributed by atoms with Gasteiger partial charge in [-0.3, -0.25) is 14.7 Å². The van der Waals surface area contributed by atoms with Crippen LogP contribution in [-0.2, 0) is 13.0 Å². The molecular weight excluding hydrogens is 488 g/mol. The van der Waals surface area contributed by atoms with Crippen molar-refractivity contribution in [3.8, 4) is 5.75 Å². The zero-order valence-electron chi connectivity index (χ0n) is 18.5. The number of aromatic nitrogens is 2. The number of anilines is 1. The predicted octanol–water partition coefficient (Wildman–Crippen LogP) is 5.14. The van der Waals surface area contributed by atoms with E-state index in [9.17, 15) is 27.2 Å². The van der Waals surface area contributed by atoms with Crippen molar-refractivity contribution < 1.29 is 31.9 Å². The molecule has 0 radical (unpaired) electrons. The number of benzene rings is 1. The molecule has 12 heteroatoms. The molecule has 0 saturated carbocycles. The summed E-state index contributed by atoms with van der Waals surface area (Å²) < 4.78 is 54.6. The molecule has 1 aliphatic heterocycles. The van der Waals surface area contributed by atoms with Gasteiger partial charge in [-0.05, 0) is 43.2 Å². The number of ether oxygens (including phenoxy) is 1. The number of thiazole rings is 1. The minimum absolute atomic E-state index is 0.00122. The summed E-state index contributed by atoms with van der Waals surface area (Å²) in [6.07, 6.45) is -2.58. The van der Waals surface area contributed by atoms with Gasteiger partial charge in [-0.1, -0.05) is 23.5 Å². The van der Waals surface area contributed by atoms with Crippen LogP contribution < -0.4 is 9.64 Å². The molecule has 1 saturated heterocycles. The molecule has 0 N–H and O–H groups in total. The number of carbonyl (C=O) groups excluding carboxylic acids is 2. The van der Waals surface area contributed by atoms with Gasteiger partial charge in [-0.2, -0.15) is 0 Å². The van der Waals surface area contributed by atoms with Crippen LogP contribution in [0.25, 0.3) is 0 Å². The highest BCUT2D eigenvalue weighted by molar-refractivity contribution is 7.17. The number of hydrogen-bond donors (Lipinski definition) is 0. The lowest BCUT2D eigenvalue weighted by Crippen LogP contribution is -2.31. The second-order valence-corrected chi connectivity index (χ2v) is 8.80. The largest absolute Gasteiger partial charge is 0.573 e. The fourth-order valence-electron chi connectivity index (χ4n) is 3.63. The molecule has 4 rings (SSSR count). The third-order valence-electron chi connectivity index (χ3n) is 5.29. The SMILES string of the molecule is Cc1nc(N2CCN(Cc3ccc(OC(F)(F)F)c(F)c3)C2=O)sc1C(=O)CCc1ccccn1. The Labute approximate surface area is 202 Å². The van der Waals surface area contributed by atoms with Crippen LogP contribution in [-0.4, -0.2) is 46.1 Å². The van der Waals surface area contributed by atoms with Crippen LogP contribution in [0, 0.1) is 12.7 Å². The van der Waals surface area contributed by atoms with E-state index >= 15 is 0 Å². The zero-order chi connectivity index (χ0) is 25.2. The molecule has 0 aliphatic carbocycles. The quantitative estimate of drug-likeness (QED) is 0.311. The van der Waals surface area contributed by atoms with Crippen LogP contribution in [0.15, 0.2) is 42.6 Å². The highest BCUT2D eigenvalue weighted by Gasteiger charge is 2.34. The number of nitrogens with zero attached hydrogens (tertiary/aromatic N) is 4. The van der Waals surface area contributed by atoms with Gasteiger partial charge in [0.2, 0.25) is 0 Å². The van der Waals surface area contributed by atoms with Crippen LogP contribution in [0.2, 0.25) is 0 Å². The van der Waals surface area contributed by atoms with Gasteiger partial charge in [-0.15, -0.1) is 13.2 Å². The van der Waals surface area contributed by atoms with Gasteiger partial charge in [-0.25, -0.2) is 14.2 Å². The van der Waals surface area contributed by atoms with E-state index in [1.54, 1.807) is 19.2 Å². The van der Waals surface area contributed by atoms with Crippen molar-refractivity contribution in [3.63, 3.8) is 0 Å². The highest BCUT2D eigenvalue weighted by Crippen LogP contribution is 2.31. The molecule has 0 unspecified atom stereocenters.